The third-order valence-electron chi connectivity index (χ3n) is 6.58. The predicted molar refractivity (Wildman–Crippen MR) is 114 cm³/mol. The molecule has 1 aliphatic carbocycles. The molecular formula is C24H35FN2O2. The highest BCUT2D eigenvalue weighted by Gasteiger charge is 2.46. The van der Waals surface area contributed by atoms with Gasteiger partial charge < -0.3 is 15.3 Å². The van der Waals surface area contributed by atoms with Gasteiger partial charge in [0.1, 0.15) is 6.67 Å². The van der Waals surface area contributed by atoms with Crippen LogP contribution in [0.4, 0.5) is 4.39 Å². The van der Waals surface area contributed by atoms with E-state index < -0.39 is 5.60 Å². The van der Waals surface area contributed by atoms with Gasteiger partial charge in [0.05, 0.1) is 0 Å². The summed E-state index contributed by atoms with van der Waals surface area (Å²) < 4.78 is 12.5. The normalized spacial score (nSPS) is 21.8. The van der Waals surface area contributed by atoms with E-state index >= 15 is 0 Å². The van der Waals surface area contributed by atoms with Gasteiger partial charge in [0.25, 0.3) is 5.91 Å². The highest BCUT2D eigenvalue weighted by atomic mass is 19.1. The van der Waals surface area contributed by atoms with Gasteiger partial charge in [-0.25, -0.2) is 4.39 Å². The Balaban J connectivity index is 1.57. The summed E-state index contributed by atoms with van der Waals surface area (Å²) >= 11 is 0. The number of carbonyl (C=O) groups excluding carboxylic acids is 1. The Kier molecular flexibility index (Phi) is 7.84. The molecule has 0 spiro atoms. The number of carbonyl (C=O) groups is 1. The lowest BCUT2D eigenvalue weighted by molar-refractivity contribution is -0.148. The molecule has 2 fully saturated rings. The molecule has 0 aromatic heterocycles. The lowest BCUT2D eigenvalue weighted by Crippen LogP contribution is -2.54. The van der Waals surface area contributed by atoms with Gasteiger partial charge in [-0.1, -0.05) is 49.2 Å². The van der Waals surface area contributed by atoms with E-state index in [1.54, 1.807) is 0 Å². The first-order valence-electron chi connectivity index (χ1n) is 11.1. The molecule has 0 radical (unpaired) electrons. The van der Waals surface area contributed by atoms with Crippen molar-refractivity contribution in [1.29, 1.82) is 0 Å². The summed E-state index contributed by atoms with van der Waals surface area (Å²) in [6.45, 7) is 4.20. The van der Waals surface area contributed by atoms with Crippen molar-refractivity contribution < 1.29 is 14.3 Å². The summed E-state index contributed by atoms with van der Waals surface area (Å²) in [6, 6.07) is 9.52. The highest BCUT2D eigenvalue weighted by molar-refractivity contribution is 5.87. The zero-order chi connectivity index (χ0) is 20.7. The van der Waals surface area contributed by atoms with Crippen LogP contribution in [-0.4, -0.2) is 48.3 Å². The number of nitrogens with one attached hydrogen (secondary N) is 1. The number of allylic oxidation sites excluding steroid dienone is 1. The van der Waals surface area contributed by atoms with Crippen LogP contribution in [0.25, 0.3) is 0 Å². The number of nitrogens with zero attached hydrogens (tertiary/aromatic N) is 1. The predicted octanol–water partition coefficient (Wildman–Crippen LogP) is 3.95. The van der Waals surface area contributed by atoms with Crippen LogP contribution in [0.5, 0.6) is 0 Å². The van der Waals surface area contributed by atoms with Gasteiger partial charge in [-0.15, -0.1) is 0 Å². The second-order valence-electron chi connectivity index (χ2n) is 8.68. The van der Waals surface area contributed by atoms with Gasteiger partial charge >= 0.3 is 0 Å². The molecule has 1 aromatic rings. The number of aliphatic hydroxyl groups is 1. The number of piperidine rings is 1. The van der Waals surface area contributed by atoms with E-state index in [0.29, 0.717) is 5.56 Å². The van der Waals surface area contributed by atoms with Gasteiger partial charge in [0.2, 0.25) is 0 Å². The maximum Gasteiger partial charge on any atom is 0.257 e. The largest absolute Gasteiger partial charge is 0.375 e. The van der Waals surface area contributed by atoms with Gasteiger partial charge in [-0.05, 0) is 50.2 Å². The van der Waals surface area contributed by atoms with E-state index in [9.17, 15) is 14.3 Å². The smallest absolute Gasteiger partial charge is 0.257 e. The zero-order valence-electron chi connectivity index (χ0n) is 17.6. The Hall–Kier alpha value is -1.72. The molecule has 4 nitrogen and oxygen atoms in total. The van der Waals surface area contributed by atoms with Crippen LogP contribution in [0.15, 0.2) is 42.0 Å². The molecule has 1 aliphatic heterocycles. The van der Waals surface area contributed by atoms with Crippen molar-refractivity contribution in [3.63, 3.8) is 0 Å². The average molecular weight is 403 g/mol. The zero-order valence-corrected chi connectivity index (χ0v) is 17.6. The molecule has 1 saturated carbocycles. The van der Waals surface area contributed by atoms with Gasteiger partial charge in [0.15, 0.2) is 5.60 Å². The summed E-state index contributed by atoms with van der Waals surface area (Å²) in [5.41, 5.74) is 0.0555. The molecule has 1 heterocycles. The van der Waals surface area contributed by atoms with Crippen LogP contribution in [0, 0.1) is 5.92 Å². The second-order valence-corrected chi connectivity index (χ2v) is 8.68. The minimum atomic E-state index is -1.44. The van der Waals surface area contributed by atoms with Crippen molar-refractivity contribution in [2.24, 2.45) is 5.92 Å². The van der Waals surface area contributed by atoms with Crippen LogP contribution in [0.3, 0.4) is 0 Å². The standard InChI is InChI=1S/C24H35FN2O2/c1-19(18-25)8-7-15-27-16-13-22(14-17-27)26-23(28)24(29,21-11-5-6-12-21)20-9-3-2-4-10-20/h2-4,8-10,21-22,29H,5-7,11-18H2,1H3,(H,26,28)/b19-8+. The van der Waals surface area contributed by atoms with E-state index in [2.05, 4.69) is 10.2 Å². The lowest BCUT2D eigenvalue weighted by atomic mass is 9.79. The second kappa shape index (κ2) is 10.4. The molecule has 2 aliphatic rings. The number of hydrogen-bond donors (Lipinski definition) is 2. The van der Waals surface area contributed by atoms with Crippen molar-refractivity contribution in [2.75, 3.05) is 26.3 Å². The van der Waals surface area contributed by atoms with Crippen LogP contribution in [0.1, 0.15) is 57.4 Å². The quantitative estimate of drug-likeness (QED) is 0.648. The van der Waals surface area contributed by atoms with E-state index in [4.69, 9.17) is 0 Å². The Morgan fingerprint density at radius 1 is 1.21 bits per heavy atom. The van der Waals surface area contributed by atoms with Crippen LogP contribution >= 0.6 is 0 Å². The molecule has 2 N–H and O–H groups in total. The van der Waals surface area contributed by atoms with Crippen molar-refractivity contribution in [3.05, 3.63) is 47.5 Å². The summed E-state index contributed by atoms with van der Waals surface area (Å²) in [5.74, 6) is -0.258. The third kappa shape index (κ3) is 5.46. The minimum Gasteiger partial charge on any atom is -0.375 e. The molecule has 1 atom stereocenters. The number of alkyl halides is 1. The summed E-state index contributed by atoms with van der Waals surface area (Å²) in [5, 5.41) is 14.7. The number of likely N-dealkylation sites (tertiary alicyclic amines) is 1. The first kappa shape index (κ1) is 22.0. The van der Waals surface area contributed by atoms with Crippen LogP contribution in [0.2, 0.25) is 0 Å². The average Bonchev–Trinajstić information content (AvgIpc) is 3.30. The fourth-order valence-corrected chi connectivity index (χ4v) is 4.73. The van der Waals surface area contributed by atoms with Crippen LogP contribution < -0.4 is 5.32 Å². The lowest BCUT2D eigenvalue weighted by Gasteiger charge is -2.37. The summed E-state index contributed by atoms with van der Waals surface area (Å²) in [6.07, 6.45) is 8.52. The molecule has 29 heavy (non-hydrogen) atoms. The first-order valence-corrected chi connectivity index (χ1v) is 11.1. The minimum absolute atomic E-state index is 0.0180. The van der Waals surface area contributed by atoms with Crippen molar-refractivity contribution in [1.82, 2.24) is 10.2 Å². The number of rotatable bonds is 8. The Morgan fingerprint density at radius 2 is 1.86 bits per heavy atom. The maximum absolute atomic E-state index is 13.3. The molecule has 1 amide bonds. The molecule has 1 saturated heterocycles. The highest BCUT2D eigenvalue weighted by Crippen LogP contribution is 2.41. The number of halogens is 1. The molecule has 160 valence electrons. The Labute approximate surface area is 174 Å². The first-order chi connectivity index (χ1) is 14.0. The number of amides is 1. The van der Waals surface area contributed by atoms with E-state index in [1.165, 1.54) is 0 Å². The maximum atomic E-state index is 13.3. The molecule has 3 rings (SSSR count). The number of benzene rings is 1. The Bertz CT molecular complexity index is 679. The van der Waals surface area contributed by atoms with E-state index in [1.807, 2.05) is 43.3 Å². The molecule has 1 aromatic carbocycles. The molecular weight excluding hydrogens is 367 g/mol. The fourth-order valence-electron chi connectivity index (χ4n) is 4.73. The summed E-state index contributed by atoms with van der Waals surface area (Å²) in [4.78, 5) is 15.6. The van der Waals surface area contributed by atoms with Gasteiger partial charge in [-0.3, -0.25) is 4.79 Å². The van der Waals surface area contributed by atoms with E-state index in [0.717, 1.165) is 70.2 Å². The van der Waals surface area contributed by atoms with Crippen molar-refractivity contribution in [3.8, 4) is 0 Å². The van der Waals surface area contributed by atoms with Crippen molar-refractivity contribution in [2.45, 2.75) is 63.5 Å². The fraction of sp³-hybridized carbons (Fsp3) is 0.625. The van der Waals surface area contributed by atoms with E-state index in [-0.39, 0.29) is 24.5 Å². The van der Waals surface area contributed by atoms with Gasteiger partial charge in [0, 0.05) is 31.6 Å². The molecule has 5 heteroatoms. The van der Waals surface area contributed by atoms with Crippen molar-refractivity contribution >= 4 is 5.91 Å². The van der Waals surface area contributed by atoms with Gasteiger partial charge in [-0.2, -0.15) is 0 Å². The SMILES string of the molecule is C/C(=C\CCN1CCC(NC(=O)C(O)(c2ccccc2)C2CCCC2)CC1)CF. The summed E-state index contributed by atoms with van der Waals surface area (Å²) in [7, 11) is 0. The van der Waals surface area contributed by atoms with Crippen LogP contribution in [-0.2, 0) is 10.4 Å². The molecule has 0 bridgehead atoms. The number of hydrogen-bond acceptors (Lipinski definition) is 3. The monoisotopic (exact) mass is 402 g/mol. The third-order valence-corrected chi connectivity index (χ3v) is 6.58. The topological polar surface area (TPSA) is 52.6 Å². The Morgan fingerprint density at radius 3 is 2.48 bits per heavy atom. The molecule has 1 unspecified atom stereocenters.